The van der Waals surface area contributed by atoms with E-state index in [1.165, 1.54) is 19.3 Å². The van der Waals surface area contributed by atoms with Crippen molar-refractivity contribution in [2.24, 2.45) is 7.05 Å². The second kappa shape index (κ2) is 9.47. The van der Waals surface area contributed by atoms with Gasteiger partial charge in [0.15, 0.2) is 5.69 Å². The van der Waals surface area contributed by atoms with Crippen LogP contribution in [0.3, 0.4) is 0 Å². The van der Waals surface area contributed by atoms with Gasteiger partial charge in [-0.2, -0.15) is 0 Å². The summed E-state index contributed by atoms with van der Waals surface area (Å²) in [5.74, 6) is -4.85. The zero-order valence-electron chi connectivity index (χ0n) is 17.1. The molecule has 0 radical (unpaired) electrons. The number of carbonyl (C=O) groups is 2. The first-order valence-electron chi connectivity index (χ1n) is 9.50. The third kappa shape index (κ3) is 5.14. The van der Waals surface area contributed by atoms with E-state index in [2.05, 4.69) is 10.6 Å². The maximum Gasteiger partial charge on any atom is 0.319 e. The monoisotopic (exact) mass is 461 g/mol. The number of benzene rings is 2. The van der Waals surface area contributed by atoms with Crippen LogP contribution in [-0.4, -0.2) is 26.8 Å². The summed E-state index contributed by atoms with van der Waals surface area (Å²) in [7, 11) is 1.39. The second-order valence-corrected chi connectivity index (χ2v) is 7.08. The number of carboxylic acid groups (broad SMARTS) is 1. The molecule has 8 nitrogen and oxygen atoms in total. The smallest absolute Gasteiger partial charge is 0.319 e. The van der Waals surface area contributed by atoms with Crippen LogP contribution in [0.25, 0.3) is 11.1 Å². The van der Waals surface area contributed by atoms with Gasteiger partial charge in [0, 0.05) is 18.8 Å². The van der Waals surface area contributed by atoms with E-state index in [1.807, 2.05) is 0 Å². The van der Waals surface area contributed by atoms with Crippen molar-refractivity contribution in [3.05, 3.63) is 82.0 Å². The Morgan fingerprint density at radius 3 is 2.36 bits per heavy atom. The molecule has 2 aromatic carbocycles. The number of hydrogen-bond donors (Lipinski definition) is 4. The number of aliphatic carboxylic acids is 1. The van der Waals surface area contributed by atoms with Gasteiger partial charge < -0.3 is 25.4 Å². The van der Waals surface area contributed by atoms with Gasteiger partial charge in [-0.25, -0.2) is 18.0 Å². The molecular formula is C22H18F3N3O5. The van der Waals surface area contributed by atoms with E-state index in [-0.39, 0.29) is 5.56 Å². The van der Waals surface area contributed by atoms with Gasteiger partial charge in [-0.3, -0.25) is 9.59 Å². The van der Waals surface area contributed by atoms with Crippen molar-refractivity contribution in [2.45, 2.75) is 12.5 Å². The van der Waals surface area contributed by atoms with Gasteiger partial charge in [-0.1, -0.05) is 12.1 Å². The molecule has 172 valence electrons. The number of aromatic hydroxyl groups is 1. The number of anilines is 1. The molecule has 1 unspecified atom stereocenters. The molecule has 1 aromatic heterocycles. The number of hydrogen-bond acceptors (Lipinski definition) is 4. The molecule has 1 heterocycles. The lowest BCUT2D eigenvalue weighted by Gasteiger charge is -2.19. The maximum atomic E-state index is 14.4. The SMILES string of the molecule is Cn1ccc(O)c(NC(=O)NC(CC(=O)O)c2ccc(F)c(-c3c(F)cccc3F)c2)c1=O. The number of nitrogens with zero attached hydrogens (tertiary/aromatic N) is 1. The van der Waals surface area contributed by atoms with Crippen molar-refractivity contribution in [3.8, 4) is 16.9 Å². The predicted molar refractivity (Wildman–Crippen MR) is 112 cm³/mol. The fraction of sp³-hybridized carbons (Fsp3) is 0.136. The lowest BCUT2D eigenvalue weighted by Crippen LogP contribution is -2.36. The van der Waals surface area contributed by atoms with Crippen LogP contribution in [0.4, 0.5) is 23.7 Å². The summed E-state index contributed by atoms with van der Waals surface area (Å²) >= 11 is 0. The van der Waals surface area contributed by atoms with Crippen LogP contribution >= 0.6 is 0 Å². The highest BCUT2D eigenvalue weighted by molar-refractivity contribution is 5.91. The van der Waals surface area contributed by atoms with Crippen LogP contribution in [0.5, 0.6) is 5.75 Å². The van der Waals surface area contributed by atoms with E-state index >= 15 is 0 Å². The molecule has 1 atom stereocenters. The number of pyridine rings is 1. The molecule has 11 heteroatoms. The summed E-state index contributed by atoms with van der Waals surface area (Å²) in [5, 5.41) is 23.5. The zero-order chi connectivity index (χ0) is 24.3. The molecule has 3 aromatic rings. The summed E-state index contributed by atoms with van der Waals surface area (Å²) in [6.07, 6.45) is 0.604. The predicted octanol–water partition coefficient (Wildman–Crippen LogP) is 3.51. The number of carbonyl (C=O) groups excluding carboxylic acids is 1. The molecule has 0 aliphatic rings. The Labute approximate surface area is 184 Å². The number of nitrogens with one attached hydrogen (secondary N) is 2. The van der Waals surface area contributed by atoms with Gasteiger partial charge in [0.1, 0.15) is 23.2 Å². The zero-order valence-corrected chi connectivity index (χ0v) is 17.1. The number of aromatic nitrogens is 1. The summed E-state index contributed by atoms with van der Waals surface area (Å²) in [6.45, 7) is 0. The van der Waals surface area contributed by atoms with Gasteiger partial charge in [0.25, 0.3) is 5.56 Å². The number of rotatable bonds is 6. The van der Waals surface area contributed by atoms with Crippen molar-refractivity contribution < 1.29 is 33.0 Å². The van der Waals surface area contributed by atoms with Gasteiger partial charge in [0.2, 0.25) is 0 Å². The normalized spacial score (nSPS) is 11.6. The highest BCUT2D eigenvalue weighted by Crippen LogP contribution is 2.31. The third-order valence-electron chi connectivity index (χ3n) is 4.79. The van der Waals surface area contributed by atoms with E-state index in [0.29, 0.717) is 0 Å². The van der Waals surface area contributed by atoms with Crippen molar-refractivity contribution >= 4 is 17.7 Å². The molecule has 0 aliphatic heterocycles. The van der Waals surface area contributed by atoms with Crippen LogP contribution in [0.15, 0.2) is 53.5 Å². The number of halogens is 3. The van der Waals surface area contributed by atoms with Gasteiger partial charge >= 0.3 is 12.0 Å². The van der Waals surface area contributed by atoms with E-state index in [4.69, 9.17) is 0 Å². The van der Waals surface area contributed by atoms with Crippen LogP contribution in [0.2, 0.25) is 0 Å². The Kier molecular flexibility index (Phi) is 6.71. The Hall–Kier alpha value is -4.28. The van der Waals surface area contributed by atoms with E-state index in [1.54, 1.807) is 0 Å². The van der Waals surface area contributed by atoms with Crippen LogP contribution in [-0.2, 0) is 11.8 Å². The average molecular weight is 461 g/mol. The summed E-state index contributed by atoms with van der Waals surface area (Å²) < 4.78 is 43.9. The first-order valence-corrected chi connectivity index (χ1v) is 9.50. The van der Waals surface area contributed by atoms with E-state index in [9.17, 15) is 37.8 Å². The Morgan fingerprint density at radius 2 is 1.73 bits per heavy atom. The molecule has 3 rings (SSSR count). The first kappa shape index (κ1) is 23.4. The fourth-order valence-corrected chi connectivity index (χ4v) is 3.18. The van der Waals surface area contributed by atoms with Crippen LogP contribution in [0.1, 0.15) is 18.0 Å². The molecular weight excluding hydrogens is 443 g/mol. The Balaban J connectivity index is 1.96. The minimum atomic E-state index is -1.33. The highest BCUT2D eigenvalue weighted by atomic mass is 19.1. The second-order valence-electron chi connectivity index (χ2n) is 7.08. The molecule has 4 N–H and O–H groups in total. The number of carboxylic acids is 1. The minimum Gasteiger partial charge on any atom is -0.505 e. The lowest BCUT2D eigenvalue weighted by molar-refractivity contribution is -0.137. The molecule has 0 saturated carbocycles. The standard InChI is InChI=1S/C22H18F3N3O5/c1-28-8-7-17(29)20(21(28)32)27-22(33)26-16(10-18(30)31)11-5-6-13(23)12(9-11)19-14(24)3-2-4-15(19)25/h2-9,16,29H,10H2,1H3,(H,30,31)(H2,26,27,33). The van der Waals surface area contributed by atoms with Gasteiger partial charge in [0.05, 0.1) is 18.0 Å². The fourth-order valence-electron chi connectivity index (χ4n) is 3.18. The molecule has 0 bridgehead atoms. The van der Waals surface area contributed by atoms with Gasteiger partial charge in [-0.05, 0) is 35.9 Å². The third-order valence-corrected chi connectivity index (χ3v) is 4.79. The highest BCUT2D eigenvalue weighted by Gasteiger charge is 2.23. The average Bonchev–Trinajstić information content (AvgIpc) is 2.74. The van der Waals surface area contributed by atoms with Crippen molar-refractivity contribution in [1.82, 2.24) is 9.88 Å². The number of aryl methyl sites for hydroxylation is 1. The topological polar surface area (TPSA) is 121 Å². The van der Waals surface area contributed by atoms with Crippen molar-refractivity contribution in [3.63, 3.8) is 0 Å². The summed E-state index contributed by atoms with van der Waals surface area (Å²) in [6, 6.07) is 4.93. The largest absolute Gasteiger partial charge is 0.505 e. The lowest BCUT2D eigenvalue weighted by atomic mass is 9.96. The summed E-state index contributed by atoms with van der Waals surface area (Å²) in [4.78, 5) is 35.9. The van der Waals surface area contributed by atoms with Crippen LogP contribution in [0, 0.1) is 17.5 Å². The van der Waals surface area contributed by atoms with E-state index < -0.39 is 70.0 Å². The maximum absolute atomic E-state index is 14.4. The van der Waals surface area contributed by atoms with Crippen molar-refractivity contribution in [2.75, 3.05) is 5.32 Å². The first-order chi connectivity index (χ1) is 15.6. The van der Waals surface area contributed by atoms with Crippen molar-refractivity contribution in [1.29, 1.82) is 0 Å². The summed E-state index contributed by atoms with van der Waals surface area (Å²) in [5.41, 5.74) is -2.24. The van der Waals surface area contributed by atoms with E-state index in [0.717, 1.165) is 41.0 Å². The molecule has 0 aliphatic carbocycles. The molecule has 0 fully saturated rings. The van der Waals surface area contributed by atoms with Crippen LogP contribution < -0.4 is 16.2 Å². The minimum absolute atomic E-state index is 0.0387. The van der Waals surface area contributed by atoms with Gasteiger partial charge in [-0.15, -0.1) is 0 Å². The molecule has 33 heavy (non-hydrogen) atoms. The Bertz CT molecular complexity index is 1270. The Morgan fingerprint density at radius 1 is 1.06 bits per heavy atom. The molecule has 0 saturated heterocycles. The number of amides is 2. The quantitative estimate of drug-likeness (QED) is 0.448. The number of urea groups is 1. The molecule has 0 spiro atoms. The molecule has 2 amide bonds.